The zero-order chi connectivity index (χ0) is 12.1. The van der Waals surface area contributed by atoms with Crippen LogP contribution in [-0.2, 0) is 4.79 Å². The molecular formula is C11H10FNO3. The summed E-state index contributed by atoms with van der Waals surface area (Å²) >= 11 is 0. The fourth-order valence-corrected chi connectivity index (χ4v) is 1.17. The van der Waals surface area contributed by atoms with Crippen LogP contribution in [0.2, 0.25) is 0 Å². The highest BCUT2D eigenvalue weighted by molar-refractivity contribution is 5.67. The smallest absolute Gasteiger partial charge is 0.307 e. The van der Waals surface area contributed by atoms with Gasteiger partial charge in [0.25, 0.3) is 0 Å². The number of hydrogen-bond donors (Lipinski definition) is 1. The second kappa shape index (κ2) is 5.12. The van der Waals surface area contributed by atoms with Gasteiger partial charge in [-0.15, -0.1) is 0 Å². The molecule has 84 valence electrons. The van der Waals surface area contributed by atoms with Crippen molar-refractivity contribution in [1.29, 1.82) is 5.26 Å². The zero-order valence-electron chi connectivity index (χ0n) is 8.61. The Hall–Kier alpha value is -2.09. The molecule has 1 aromatic rings. The number of hydrogen-bond acceptors (Lipinski definition) is 3. The summed E-state index contributed by atoms with van der Waals surface area (Å²) in [6.45, 7) is 1.53. The van der Waals surface area contributed by atoms with Gasteiger partial charge in [0.1, 0.15) is 6.10 Å². The SMILES string of the molecule is C[C@@H](CC(=O)O)Oc1ccc(C#N)cc1F. The maximum Gasteiger partial charge on any atom is 0.307 e. The molecule has 0 spiro atoms. The lowest BCUT2D eigenvalue weighted by molar-refractivity contribution is -0.138. The van der Waals surface area contributed by atoms with Gasteiger partial charge in [-0.05, 0) is 25.1 Å². The number of carboxylic acids is 1. The summed E-state index contributed by atoms with van der Waals surface area (Å²) in [5.74, 6) is -1.73. The van der Waals surface area contributed by atoms with E-state index < -0.39 is 17.9 Å². The highest BCUT2D eigenvalue weighted by Gasteiger charge is 2.12. The van der Waals surface area contributed by atoms with Gasteiger partial charge in [0, 0.05) is 0 Å². The van der Waals surface area contributed by atoms with E-state index in [1.165, 1.54) is 19.1 Å². The Bertz CT molecular complexity index is 439. The molecule has 5 heteroatoms. The van der Waals surface area contributed by atoms with Crippen molar-refractivity contribution in [3.05, 3.63) is 29.6 Å². The molecule has 0 saturated carbocycles. The van der Waals surface area contributed by atoms with Gasteiger partial charge in [-0.3, -0.25) is 4.79 Å². The highest BCUT2D eigenvalue weighted by Crippen LogP contribution is 2.19. The molecule has 0 aliphatic rings. The molecule has 0 saturated heterocycles. The number of halogens is 1. The Morgan fingerprint density at radius 1 is 1.69 bits per heavy atom. The fraction of sp³-hybridized carbons (Fsp3) is 0.273. The molecule has 0 bridgehead atoms. The fourth-order valence-electron chi connectivity index (χ4n) is 1.17. The molecule has 0 aliphatic carbocycles. The number of aliphatic carboxylic acids is 1. The predicted octanol–water partition coefficient (Wildman–Crippen LogP) is 1.94. The number of carboxylic acid groups (broad SMARTS) is 1. The van der Waals surface area contributed by atoms with Crippen LogP contribution in [0.4, 0.5) is 4.39 Å². The molecule has 1 N–H and O–H groups in total. The molecule has 0 radical (unpaired) electrons. The summed E-state index contributed by atoms with van der Waals surface area (Å²) in [6, 6.07) is 5.56. The molecule has 0 heterocycles. The van der Waals surface area contributed by atoms with E-state index in [2.05, 4.69) is 0 Å². The van der Waals surface area contributed by atoms with Crippen molar-refractivity contribution < 1.29 is 19.0 Å². The van der Waals surface area contributed by atoms with Crippen LogP contribution in [0.15, 0.2) is 18.2 Å². The lowest BCUT2D eigenvalue weighted by Gasteiger charge is -2.13. The quantitative estimate of drug-likeness (QED) is 0.846. The van der Waals surface area contributed by atoms with Crippen LogP contribution in [0.25, 0.3) is 0 Å². The Labute approximate surface area is 91.9 Å². The van der Waals surface area contributed by atoms with Crippen molar-refractivity contribution >= 4 is 5.97 Å². The van der Waals surface area contributed by atoms with E-state index in [0.717, 1.165) is 6.07 Å². The summed E-state index contributed by atoms with van der Waals surface area (Å²) < 4.78 is 18.4. The maximum absolute atomic E-state index is 13.3. The summed E-state index contributed by atoms with van der Waals surface area (Å²) in [5, 5.41) is 17.0. The van der Waals surface area contributed by atoms with Crippen LogP contribution >= 0.6 is 0 Å². The first-order valence-corrected chi connectivity index (χ1v) is 4.61. The second-order valence-corrected chi connectivity index (χ2v) is 3.28. The van der Waals surface area contributed by atoms with Crippen LogP contribution < -0.4 is 4.74 Å². The van der Waals surface area contributed by atoms with Gasteiger partial charge >= 0.3 is 5.97 Å². The molecule has 0 aliphatic heterocycles. The van der Waals surface area contributed by atoms with Crippen molar-refractivity contribution in [1.82, 2.24) is 0 Å². The van der Waals surface area contributed by atoms with Crippen molar-refractivity contribution in [2.75, 3.05) is 0 Å². The lowest BCUT2D eigenvalue weighted by Crippen LogP contribution is -2.17. The topological polar surface area (TPSA) is 70.3 Å². The number of benzene rings is 1. The number of carbonyl (C=O) groups is 1. The third-order valence-corrected chi connectivity index (χ3v) is 1.85. The molecule has 1 rings (SSSR count). The number of nitrogens with zero attached hydrogens (tertiary/aromatic N) is 1. The maximum atomic E-state index is 13.3. The van der Waals surface area contributed by atoms with Crippen LogP contribution in [0.3, 0.4) is 0 Å². The van der Waals surface area contributed by atoms with Crippen LogP contribution in [0.5, 0.6) is 5.75 Å². The summed E-state index contributed by atoms with van der Waals surface area (Å²) in [4.78, 5) is 10.4. The van der Waals surface area contributed by atoms with E-state index in [9.17, 15) is 9.18 Å². The minimum Gasteiger partial charge on any atom is -0.487 e. The van der Waals surface area contributed by atoms with Gasteiger partial charge in [0.2, 0.25) is 0 Å². The van der Waals surface area contributed by atoms with E-state index in [-0.39, 0.29) is 17.7 Å². The highest BCUT2D eigenvalue weighted by atomic mass is 19.1. The van der Waals surface area contributed by atoms with Gasteiger partial charge < -0.3 is 9.84 Å². The molecular weight excluding hydrogens is 213 g/mol. The van der Waals surface area contributed by atoms with Crippen LogP contribution in [0.1, 0.15) is 18.9 Å². The molecule has 16 heavy (non-hydrogen) atoms. The van der Waals surface area contributed by atoms with Gasteiger partial charge in [0.05, 0.1) is 18.1 Å². The molecule has 1 aromatic carbocycles. The first kappa shape index (κ1) is 12.0. The summed E-state index contributed by atoms with van der Waals surface area (Å²) in [7, 11) is 0. The molecule has 0 aromatic heterocycles. The number of ether oxygens (including phenoxy) is 1. The number of rotatable bonds is 4. The Balaban J connectivity index is 2.75. The minimum atomic E-state index is -1.01. The molecule has 1 atom stereocenters. The largest absolute Gasteiger partial charge is 0.487 e. The molecule has 0 fully saturated rings. The van der Waals surface area contributed by atoms with E-state index in [4.69, 9.17) is 15.1 Å². The van der Waals surface area contributed by atoms with Gasteiger partial charge in [-0.1, -0.05) is 0 Å². The first-order valence-electron chi connectivity index (χ1n) is 4.61. The second-order valence-electron chi connectivity index (χ2n) is 3.28. The van der Waals surface area contributed by atoms with Gasteiger partial charge in [0.15, 0.2) is 11.6 Å². The molecule has 4 nitrogen and oxygen atoms in total. The lowest BCUT2D eigenvalue weighted by atomic mass is 10.2. The van der Waals surface area contributed by atoms with E-state index in [1.807, 2.05) is 0 Å². The van der Waals surface area contributed by atoms with Crippen LogP contribution in [-0.4, -0.2) is 17.2 Å². The van der Waals surface area contributed by atoms with Crippen molar-refractivity contribution in [2.24, 2.45) is 0 Å². The monoisotopic (exact) mass is 223 g/mol. The summed E-state index contributed by atoms with van der Waals surface area (Å²) in [6.07, 6.45) is -0.834. The minimum absolute atomic E-state index is 0.0484. The summed E-state index contributed by atoms with van der Waals surface area (Å²) in [5.41, 5.74) is 0.190. The standard InChI is InChI=1S/C11H10FNO3/c1-7(4-11(14)15)16-10-3-2-8(6-13)5-9(10)12/h2-3,5,7H,4H2,1H3,(H,14,15)/t7-/m0/s1. The van der Waals surface area contributed by atoms with Crippen molar-refractivity contribution in [3.8, 4) is 11.8 Å². The Morgan fingerprint density at radius 3 is 2.88 bits per heavy atom. The number of nitriles is 1. The van der Waals surface area contributed by atoms with Crippen LogP contribution in [0, 0.1) is 17.1 Å². The Morgan fingerprint density at radius 2 is 2.38 bits per heavy atom. The zero-order valence-corrected chi connectivity index (χ0v) is 8.61. The average molecular weight is 223 g/mol. The average Bonchev–Trinajstić information content (AvgIpc) is 2.19. The van der Waals surface area contributed by atoms with Gasteiger partial charge in [-0.2, -0.15) is 5.26 Å². The van der Waals surface area contributed by atoms with Crippen molar-refractivity contribution in [2.45, 2.75) is 19.4 Å². The first-order chi connectivity index (χ1) is 7.52. The van der Waals surface area contributed by atoms with Gasteiger partial charge in [-0.25, -0.2) is 4.39 Å². The predicted molar refractivity (Wildman–Crippen MR) is 53.5 cm³/mol. The third kappa shape index (κ3) is 3.24. The van der Waals surface area contributed by atoms with E-state index >= 15 is 0 Å². The van der Waals surface area contributed by atoms with E-state index in [0.29, 0.717) is 0 Å². The van der Waals surface area contributed by atoms with Crippen molar-refractivity contribution in [3.63, 3.8) is 0 Å². The molecule has 0 amide bonds. The Kier molecular flexibility index (Phi) is 3.84. The normalized spacial score (nSPS) is 11.6. The third-order valence-electron chi connectivity index (χ3n) is 1.85. The molecule has 0 unspecified atom stereocenters. The van der Waals surface area contributed by atoms with E-state index in [1.54, 1.807) is 6.07 Å².